The number of thiocarbonyl (C=S) groups is 1. The third-order valence-electron chi connectivity index (χ3n) is 1.83. The highest BCUT2D eigenvalue weighted by Crippen LogP contribution is 2.13. The Balaban J connectivity index is 2.63. The molecule has 0 fully saturated rings. The summed E-state index contributed by atoms with van der Waals surface area (Å²) in [5.74, 6) is -0.607. The molecule has 0 aliphatic rings. The first-order chi connectivity index (χ1) is 7.50. The Morgan fingerprint density at radius 1 is 1.56 bits per heavy atom. The minimum absolute atomic E-state index is 0.249. The number of rotatable bonds is 4. The molecule has 86 valence electrons. The predicted molar refractivity (Wildman–Crippen MR) is 72.9 cm³/mol. The summed E-state index contributed by atoms with van der Waals surface area (Å²) in [5, 5.41) is 2.66. The molecule has 0 saturated heterocycles. The average Bonchev–Trinajstić information content (AvgIpc) is 2.16. The van der Waals surface area contributed by atoms with Gasteiger partial charge in [-0.05, 0) is 40.8 Å². The van der Waals surface area contributed by atoms with E-state index in [1.165, 1.54) is 18.2 Å². The van der Waals surface area contributed by atoms with Gasteiger partial charge in [0.2, 0.25) is 0 Å². The zero-order chi connectivity index (χ0) is 12.1. The summed E-state index contributed by atoms with van der Waals surface area (Å²) in [6, 6.07) is 4.01. The molecule has 0 saturated carbocycles. The minimum atomic E-state index is -0.357. The molecule has 1 aromatic carbocycles. The zero-order valence-electron chi connectivity index (χ0n) is 8.30. The second kappa shape index (κ2) is 6.09. The predicted octanol–water partition coefficient (Wildman–Crippen LogP) is 1.84. The second-order valence-corrected chi connectivity index (χ2v) is 4.78. The summed E-state index contributed by atoms with van der Waals surface area (Å²) >= 11 is 6.60. The van der Waals surface area contributed by atoms with Gasteiger partial charge in [0.05, 0.1) is 10.6 Å². The standard InChI is InChI=1S/C10H10FIN2OS/c11-6-1-2-7(8(12)5-6)10(15)14-4-3-9(13)16/h1-2,5H,3-4H2,(H2,13,16)(H,14,15). The first-order valence-electron chi connectivity index (χ1n) is 4.52. The Bertz CT molecular complexity index is 425. The fraction of sp³-hybridized carbons (Fsp3) is 0.200. The molecule has 0 unspecified atom stereocenters. The quantitative estimate of drug-likeness (QED) is 0.642. The summed E-state index contributed by atoms with van der Waals surface area (Å²) in [4.78, 5) is 12.0. The van der Waals surface area contributed by atoms with Crippen molar-refractivity contribution in [1.29, 1.82) is 0 Å². The number of benzene rings is 1. The summed E-state index contributed by atoms with van der Waals surface area (Å²) in [6.07, 6.45) is 0.457. The van der Waals surface area contributed by atoms with E-state index in [0.717, 1.165) is 0 Å². The van der Waals surface area contributed by atoms with Gasteiger partial charge in [0.25, 0.3) is 5.91 Å². The number of carbonyl (C=O) groups is 1. The van der Waals surface area contributed by atoms with Crippen LogP contribution in [0.1, 0.15) is 16.8 Å². The SMILES string of the molecule is NC(=S)CCNC(=O)c1ccc(F)cc1I. The average molecular weight is 352 g/mol. The van der Waals surface area contributed by atoms with Crippen LogP contribution in [0.2, 0.25) is 0 Å². The van der Waals surface area contributed by atoms with Crippen LogP contribution in [0, 0.1) is 9.39 Å². The molecular formula is C10H10FIN2OS. The number of halogens is 2. The molecule has 0 aromatic heterocycles. The van der Waals surface area contributed by atoms with Gasteiger partial charge in [-0.15, -0.1) is 0 Å². The van der Waals surface area contributed by atoms with Gasteiger partial charge in [-0.2, -0.15) is 0 Å². The maximum Gasteiger partial charge on any atom is 0.252 e. The summed E-state index contributed by atoms with van der Waals surface area (Å²) in [6.45, 7) is 0.390. The molecule has 3 N–H and O–H groups in total. The maximum absolute atomic E-state index is 12.8. The molecule has 6 heteroatoms. The van der Waals surface area contributed by atoms with E-state index in [1.807, 2.05) is 22.6 Å². The summed E-state index contributed by atoms with van der Waals surface area (Å²) in [7, 11) is 0. The molecule has 1 amide bonds. The third-order valence-corrected chi connectivity index (χ3v) is 2.93. The summed E-state index contributed by atoms with van der Waals surface area (Å²) < 4.78 is 13.4. The van der Waals surface area contributed by atoms with E-state index in [0.29, 0.717) is 27.1 Å². The highest BCUT2D eigenvalue weighted by atomic mass is 127. The lowest BCUT2D eigenvalue weighted by Crippen LogP contribution is -2.27. The molecule has 3 nitrogen and oxygen atoms in total. The van der Waals surface area contributed by atoms with Crippen molar-refractivity contribution in [3.05, 3.63) is 33.1 Å². The van der Waals surface area contributed by atoms with Crippen LogP contribution in [0.4, 0.5) is 4.39 Å². The number of hydrogen-bond donors (Lipinski definition) is 2. The fourth-order valence-electron chi connectivity index (χ4n) is 1.07. The van der Waals surface area contributed by atoms with Crippen molar-refractivity contribution < 1.29 is 9.18 Å². The van der Waals surface area contributed by atoms with E-state index < -0.39 is 0 Å². The van der Waals surface area contributed by atoms with Crippen molar-refractivity contribution >= 4 is 45.7 Å². The molecule has 0 atom stereocenters. The van der Waals surface area contributed by atoms with E-state index in [-0.39, 0.29) is 11.7 Å². The van der Waals surface area contributed by atoms with Crippen molar-refractivity contribution in [3.8, 4) is 0 Å². The molecule has 0 aliphatic carbocycles. The molecule has 0 radical (unpaired) electrons. The van der Waals surface area contributed by atoms with Crippen LogP contribution in [0.5, 0.6) is 0 Å². The first kappa shape index (κ1) is 13.3. The normalized spacial score (nSPS) is 9.88. The van der Waals surface area contributed by atoms with Crippen molar-refractivity contribution in [2.75, 3.05) is 6.54 Å². The Morgan fingerprint density at radius 3 is 2.81 bits per heavy atom. The van der Waals surface area contributed by atoms with Crippen LogP contribution in [0.15, 0.2) is 18.2 Å². The Morgan fingerprint density at radius 2 is 2.25 bits per heavy atom. The Hall–Kier alpha value is -0.760. The molecule has 1 rings (SSSR count). The van der Waals surface area contributed by atoms with Gasteiger partial charge in [0.1, 0.15) is 5.82 Å². The zero-order valence-corrected chi connectivity index (χ0v) is 11.3. The smallest absolute Gasteiger partial charge is 0.252 e. The highest BCUT2D eigenvalue weighted by Gasteiger charge is 2.09. The molecule has 1 aromatic rings. The largest absolute Gasteiger partial charge is 0.393 e. The van der Waals surface area contributed by atoms with Crippen LogP contribution >= 0.6 is 34.8 Å². The van der Waals surface area contributed by atoms with E-state index in [4.69, 9.17) is 5.73 Å². The topological polar surface area (TPSA) is 55.1 Å². The van der Waals surface area contributed by atoms with Crippen LogP contribution in [0.3, 0.4) is 0 Å². The van der Waals surface area contributed by atoms with Gasteiger partial charge in [-0.1, -0.05) is 12.2 Å². The van der Waals surface area contributed by atoms with Crippen LogP contribution in [0.25, 0.3) is 0 Å². The van der Waals surface area contributed by atoms with E-state index >= 15 is 0 Å². The lowest BCUT2D eigenvalue weighted by atomic mass is 10.2. The van der Waals surface area contributed by atoms with Crippen molar-refractivity contribution in [1.82, 2.24) is 5.32 Å². The van der Waals surface area contributed by atoms with Crippen molar-refractivity contribution in [3.63, 3.8) is 0 Å². The highest BCUT2D eigenvalue weighted by molar-refractivity contribution is 14.1. The van der Waals surface area contributed by atoms with Gasteiger partial charge in [-0.25, -0.2) is 4.39 Å². The minimum Gasteiger partial charge on any atom is -0.393 e. The van der Waals surface area contributed by atoms with E-state index in [9.17, 15) is 9.18 Å². The Labute approximate surface area is 112 Å². The van der Waals surface area contributed by atoms with Crippen molar-refractivity contribution in [2.24, 2.45) is 5.73 Å². The second-order valence-electron chi connectivity index (χ2n) is 3.10. The molecule has 0 bridgehead atoms. The number of carbonyl (C=O) groups excluding carboxylic acids is 1. The van der Waals surface area contributed by atoms with Crippen LogP contribution in [-0.2, 0) is 0 Å². The van der Waals surface area contributed by atoms with Gasteiger partial charge in [0, 0.05) is 16.5 Å². The summed E-state index contributed by atoms with van der Waals surface area (Å²) in [5.41, 5.74) is 5.75. The molecule has 0 heterocycles. The molecule has 0 spiro atoms. The number of nitrogens with one attached hydrogen (secondary N) is 1. The van der Waals surface area contributed by atoms with Crippen molar-refractivity contribution in [2.45, 2.75) is 6.42 Å². The Kier molecular flexibility index (Phi) is 5.07. The van der Waals surface area contributed by atoms with Gasteiger partial charge in [-0.3, -0.25) is 4.79 Å². The van der Waals surface area contributed by atoms with Crippen LogP contribution in [-0.4, -0.2) is 17.4 Å². The van der Waals surface area contributed by atoms with Gasteiger partial charge >= 0.3 is 0 Å². The number of hydrogen-bond acceptors (Lipinski definition) is 2. The van der Waals surface area contributed by atoms with E-state index in [2.05, 4.69) is 17.5 Å². The van der Waals surface area contributed by atoms with Crippen LogP contribution < -0.4 is 11.1 Å². The molecule has 0 aliphatic heterocycles. The lowest BCUT2D eigenvalue weighted by Gasteiger charge is -2.06. The third kappa shape index (κ3) is 4.01. The molecular weight excluding hydrogens is 342 g/mol. The molecule has 16 heavy (non-hydrogen) atoms. The number of nitrogens with two attached hydrogens (primary N) is 1. The number of amides is 1. The van der Waals surface area contributed by atoms with E-state index in [1.54, 1.807) is 0 Å². The monoisotopic (exact) mass is 352 g/mol. The lowest BCUT2D eigenvalue weighted by molar-refractivity contribution is 0.0954. The van der Waals surface area contributed by atoms with Gasteiger partial charge < -0.3 is 11.1 Å². The first-order valence-corrected chi connectivity index (χ1v) is 6.01. The fourth-order valence-corrected chi connectivity index (χ4v) is 1.89. The maximum atomic E-state index is 12.8. The van der Waals surface area contributed by atoms with Gasteiger partial charge in [0.15, 0.2) is 0 Å².